The second-order valence-electron chi connectivity index (χ2n) is 7.95. The van der Waals surface area contributed by atoms with Crippen molar-refractivity contribution in [2.45, 2.75) is 25.3 Å². The van der Waals surface area contributed by atoms with Gasteiger partial charge in [0.25, 0.3) is 0 Å². The number of carbonyl (C=O) groups excluding carboxylic acids is 1. The third-order valence-corrected chi connectivity index (χ3v) is 6.05. The number of para-hydroxylation sites is 1. The van der Waals surface area contributed by atoms with Crippen molar-refractivity contribution in [3.8, 4) is 0 Å². The molecule has 30 heavy (non-hydrogen) atoms. The summed E-state index contributed by atoms with van der Waals surface area (Å²) in [7, 11) is 0.868. The van der Waals surface area contributed by atoms with Crippen LogP contribution >= 0.6 is 0 Å². The standard InChI is InChI=1S/C22H30N4O3S/c1-25-14-12-20(13-15-25)26(2)19-10-8-18(9-11-19)23-22(27)16-17-6-4-5-7-21(17)24-30(3,28)29/h4-11,20,24H,12-16H2,1-3H3,(H,23,27). The molecule has 1 fully saturated rings. The van der Waals surface area contributed by atoms with Crippen LogP contribution < -0.4 is 14.9 Å². The maximum Gasteiger partial charge on any atom is 0.229 e. The van der Waals surface area contributed by atoms with Gasteiger partial charge in [0.15, 0.2) is 0 Å². The van der Waals surface area contributed by atoms with E-state index in [0.717, 1.165) is 37.9 Å². The summed E-state index contributed by atoms with van der Waals surface area (Å²) in [6.45, 7) is 2.22. The van der Waals surface area contributed by atoms with Gasteiger partial charge in [-0.3, -0.25) is 9.52 Å². The van der Waals surface area contributed by atoms with Gasteiger partial charge in [0.1, 0.15) is 0 Å². The lowest BCUT2D eigenvalue weighted by Gasteiger charge is -2.36. The fourth-order valence-corrected chi connectivity index (χ4v) is 4.32. The van der Waals surface area contributed by atoms with Crippen LogP contribution in [0.15, 0.2) is 48.5 Å². The number of piperidine rings is 1. The first-order chi connectivity index (χ1) is 14.2. The molecule has 1 aliphatic rings. The lowest BCUT2D eigenvalue weighted by atomic mass is 10.0. The number of carbonyl (C=O) groups is 1. The van der Waals surface area contributed by atoms with E-state index in [1.165, 1.54) is 0 Å². The summed E-state index contributed by atoms with van der Waals surface area (Å²) >= 11 is 0. The quantitative estimate of drug-likeness (QED) is 0.706. The van der Waals surface area contributed by atoms with Crippen LogP contribution in [0.4, 0.5) is 17.1 Å². The third kappa shape index (κ3) is 6.21. The smallest absolute Gasteiger partial charge is 0.229 e. The van der Waals surface area contributed by atoms with Crippen molar-refractivity contribution in [1.82, 2.24) is 4.90 Å². The van der Waals surface area contributed by atoms with Gasteiger partial charge in [-0.15, -0.1) is 0 Å². The maximum atomic E-state index is 12.5. The highest BCUT2D eigenvalue weighted by atomic mass is 32.2. The Morgan fingerprint density at radius 2 is 1.73 bits per heavy atom. The molecule has 1 aliphatic heterocycles. The number of hydrogen-bond acceptors (Lipinski definition) is 5. The maximum absolute atomic E-state index is 12.5. The minimum atomic E-state index is -3.41. The first kappa shape index (κ1) is 22.1. The Bertz CT molecular complexity index is 968. The molecule has 1 saturated heterocycles. The van der Waals surface area contributed by atoms with Gasteiger partial charge in [-0.05, 0) is 68.9 Å². The monoisotopic (exact) mass is 430 g/mol. The zero-order chi connectivity index (χ0) is 21.7. The second-order valence-corrected chi connectivity index (χ2v) is 9.70. The Hall–Kier alpha value is -2.58. The molecule has 8 heteroatoms. The number of amides is 1. The lowest BCUT2D eigenvalue weighted by Crippen LogP contribution is -2.41. The molecular formula is C22H30N4O3S. The highest BCUT2D eigenvalue weighted by molar-refractivity contribution is 7.92. The number of likely N-dealkylation sites (tertiary alicyclic amines) is 1. The van der Waals surface area contributed by atoms with E-state index in [4.69, 9.17) is 0 Å². The average Bonchev–Trinajstić information content (AvgIpc) is 2.69. The van der Waals surface area contributed by atoms with Crippen LogP contribution in [0.3, 0.4) is 0 Å². The number of nitrogens with zero attached hydrogens (tertiary/aromatic N) is 2. The number of anilines is 3. The van der Waals surface area contributed by atoms with E-state index >= 15 is 0 Å². The Kier molecular flexibility index (Phi) is 6.99. The van der Waals surface area contributed by atoms with Crippen molar-refractivity contribution in [2.75, 3.05) is 48.4 Å². The van der Waals surface area contributed by atoms with Crippen LogP contribution in [-0.4, -0.2) is 58.7 Å². The molecule has 0 bridgehead atoms. The van der Waals surface area contributed by atoms with E-state index in [0.29, 0.717) is 23.0 Å². The molecule has 162 valence electrons. The normalized spacial score (nSPS) is 15.6. The van der Waals surface area contributed by atoms with E-state index in [1.807, 2.05) is 24.3 Å². The summed E-state index contributed by atoms with van der Waals surface area (Å²) in [5.41, 5.74) is 2.89. The Balaban J connectivity index is 1.60. The molecule has 2 aromatic rings. The molecular weight excluding hydrogens is 400 g/mol. The summed E-state index contributed by atoms with van der Waals surface area (Å²) in [5.74, 6) is -0.200. The van der Waals surface area contributed by atoms with E-state index in [2.05, 4.69) is 33.9 Å². The van der Waals surface area contributed by atoms with E-state index in [1.54, 1.807) is 24.3 Å². The van der Waals surface area contributed by atoms with Crippen LogP contribution in [0.5, 0.6) is 0 Å². The predicted molar refractivity (Wildman–Crippen MR) is 123 cm³/mol. The van der Waals surface area contributed by atoms with Crippen LogP contribution in [0.2, 0.25) is 0 Å². The van der Waals surface area contributed by atoms with Gasteiger partial charge < -0.3 is 15.1 Å². The zero-order valence-electron chi connectivity index (χ0n) is 17.8. The van der Waals surface area contributed by atoms with Crippen LogP contribution in [-0.2, 0) is 21.2 Å². The Morgan fingerprint density at radius 1 is 1.10 bits per heavy atom. The van der Waals surface area contributed by atoms with Crippen molar-refractivity contribution in [3.63, 3.8) is 0 Å². The first-order valence-electron chi connectivity index (χ1n) is 10.1. The van der Waals surface area contributed by atoms with Gasteiger partial charge in [0.05, 0.1) is 18.4 Å². The van der Waals surface area contributed by atoms with Crippen molar-refractivity contribution in [2.24, 2.45) is 0 Å². The molecule has 0 unspecified atom stereocenters. The fraction of sp³-hybridized carbons (Fsp3) is 0.409. The van der Waals surface area contributed by atoms with E-state index < -0.39 is 10.0 Å². The number of rotatable bonds is 7. The van der Waals surface area contributed by atoms with Crippen LogP contribution in [0.25, 0.3) is 0 Å². The molecule has 0 atom stereocenters. The molecule has 0 aromatic heterocycles. The van der Waals surface area contributed by atoms with Crippen LogP contribution in [0, 0.1) is 0 Å². The zero-order valence-corrected chi connectivity index (χ0v) is 18.6. The molecule has 0 saturated carbocycles. The molecule has 0 aliphatic carbocycles. The van der Waals surface area contributed by atoms with Crippen molar-refractivity contribution in [3.05, 3.63) is 54.1 Å². The SMILES string of the molecule is CN1CCC(N(C)c2ccc(NC(=O)Cc3ccccc3NS(C)(=O)=O)cc2)CC1. The van der Waals surface area contributed by atoms with Gasteiger partial charge >= 0.3 is 0 Å². The summed E-state index contributed by atoms with van der Waals surface area (Å²) < 4.78 is 25.5. The molecule has 3 rings (SSSR count). The van der Waals surface area contributed by atoms with Crippen LogP contribution in [0.1, 0.15) is 18.4 Å². The molecule has 1 heterocycles. The second kappa shape index (κ2) is 9.49. The van der Waals surface area contributed by atoms with Gasteiger partial charge in [-0.1, -0.05) is 18.2 Å². The summed E-state index contributed by atoms with van der Waals surface area (Å²) in [4.78, 5) is 17.2. The molecule has 1 amide bonds. The molecule has 7 nitrogen and oxygen atoms in total. The van der Waals surface area contributed by atoms with E-state index in [9.17, 15) is 13.2 Å². The molecule has 0 spiro atoms. The number of benzene rings is 2. The average molecular weight is 431 g/mol. The lowest BCUT2D eigenvalue weighted by molar-refractivity contribution is -0.115. The minimum Gasteiger partial charge on any atom is -0.372 e. The predicted octanol–water partition coefficient (Wildman–Crippen LogP) is 2.77. The molecule has 0 radical (unpaired) electrons. The minimum absolute atomic E-state index is 0.0793. The number of nitrogens with one attached hydrogen (secondary N) is 2. The molecule has 2 aromatic carbocycles. The van der Waals surface area contributed by atoms with Gasteiger partial charge in [0.2, 0.25) is 15.9 Å². The summed E-state index contributed by atoms with van der Waals surface area (Å²) in [5, 5.41) is 2.89. The van der Waals surface area contributed by atoms with E-state index in [-0.39, 0.29) is 12.3 Å². The highest BCUT2D eigenvalue weighted by Crippen LogP contribution is 2.24. The van der Waals surface area contributed by atoms with Crippen molar-refractivity contribution >= 4 is 33.0 Å². The fourth-order valence-electron chi connectivity index (χ4n) is 3.72. The van der Waals surface area contributed by atoms with Gasteiger partial charge in [0, 0.05) is 24.5 Å². The Morgan fingerprint density at radius 3 is 2.37 bits per heavy atom. The van der Waals surface area contributed by atoms with Gasteiger partial charge in [-0.2, -0.15) is 0 Å². The summed E-state index contributed by atoms with van der Waals surface area (Å²) in [6.07, 6.45) is 3.46. The number of sulfonamides is 1. The number of hydrogen-bond donors (Lipinski definition) is 2. The van der Waals surface area contributed by atoms with Gasteiger partial charge in [-0.25, -0.2) is 8.42 Å². The Labute approximate surface area is 179 Å². The highest BCUT2D eigenvalue weighted by Gasteiger charge is 2.20. The van der Waals surface area contributed by atoms with Crippen molar-refractivity contribution < 1.29 is 13.2 Å². The first-order valence-corrected chi connectivity index (χ1v) is 12.0. The van der Waals surface area contributed by atoms with Crippen molar-refractivity contribution in [1.29, 1.82) is 0 Å². The summed E-state index contributed by atoms with van der Waals surface area (Å²) in [6, 6.07) is 15.3. The largest absolute Gasteiger partial charge is 0.372 e. The topological polar surface area (TPSA) is 81.8 Å². The molecule has 2 N–H and O–H groups in total. The third-order valence-electron chi connectivity index (χ3n) is 5.46.